The fraction of sp³-hybridized carbons (Fsp3) is 0.125. The molecule has 142 valence electrons. The second-order valence-corrected chi connectivity index (χ2v) is 7.32. The van der Waals surface area contributed by atoms with E-state index < -0.39 is 11.8 Å². The molecule has 5 heteroatoms. The number of benzene rings is 3. The van der Waals surface area contributed by atoms with E-state index in [1.165, 1.54) is 30.3 Å². The molecule has 2 aliphatic rings. The number of esters is 1. The lowest BCUT2D eigenvalue weighted by Gasteiger charge is -2.20. The van der Waals surface area contributed by atoms with Gasteiger partial charge in [-0.1, -0.05) is 54.6 Å². The molecular formula is C24H16O5. The summed E-state index contributed by atoms with van der Waals surface area (Å²) in [6.07, 6.45) is 0.689. The van der Waals surface area contributed by atoms with Crippen molar-refractivity contribution >= 4 is 17.5 Å². The van der Waals surface area contributed by atoms with E-state index in [2.05, 4.69) is 0 Å². The van der Waals surface area contributed by atoms with E-state index in [1.807, 2.05) is 30.3 Å². The Hall–Kier alpha value is -3.73. The highest BCUT2D eigenvalue weighted by Crippen LogP contribution is 2.48. The number of phenols is 1. The van der Waals surface area contributed by atoms with Crippen LogP contribution in [0.5, 0.6) is 11.5 Å². The summed E-state index contributed by atoms with van der Waals surface area (Å²) in [6.45, 7) is 0. The molecule has 0 spiro atoms. The Morgan fingerprint density at radius 2 is 1.52 bits per heavy atom. The first kappa shape index (κ1) is 17.4. The molecule has 5 nitrogen and oxygen atoms in total. The van der Waals surface area contributed by atoms with Crippen molar-refractivity contribution in [1.82, 2.24) is 0 Å². The lowest BCUT2D eigenvalue weighted by atomic mass is 9.83. The van der Waals surface area contributed by atoms with Gasteiger partial charge in [0.05, 0.1) is 17.0 Å². The predicted molar refractivity (Wildman–Crippen MR) is 104 cm³/mol. The Kier molecular flexibility index (Phi) is 3.84. The minimum Gasteiger partial charge on any atom is -0.507 e. The van der Waals surface area contributed by atoms with Crippen molar-refractivity contribution in [1.29, 1.82) is 0 Å². The number of ketones is 2. The number of aromatic hydroxyl groups is 1. The highest BCUT2D eigenvalue weighted by atomic mass is 16.5. The Morgan fingerprint density at radius 1 is 0.828 bits per heavy atom. The molecule has 3 aromatic rings. The molecule has 0 heterocycles. The van der Waals surface area contributed by atoms with Crippen LogP contribution >= 0.6 is 0 Å². The van der Waals surface area contributed by atoms with Crippen molar-refractivity contribution in [2.75, 3.05) is 0 Å². The third kappa shape index (κ3) is 2.74. The molecule has 5 rings (SSSR count). The minimum absolute atomic E-state index is 0.0248. The van der Waals surface area contributed by atoms with E-state index in [9.17, 15) is 19.5 Å². The SMILES string of the molecule is O=C1c2cccc(O)c2C(=O)c2c(OC(=O)[C@@H]3C[C@H]3c3ccccc3)cccc21. The maximum atomic E-state index is 13.0. The van der Waals surface area contributed by atoms with Gasteiger partial charge in [0.2, 0.25) is 5.78 Å². The van der Waals surface area contributed by atoms with E-state index in [0.29, 0.717) is 6.42 Å². The zero-order chi connectivity index (χ0) is 20.1. The maximum absolute atomic E-state index is 13.0. The van der Waals surface area contributed by atoms with Gasteiger partial charge >= 0.3 is 5.97 Å². The van der Waals surface area contributed by atoms with Crippen molar-refractivity contribution in [2.24, 2.45) is 5.92 Å². The van der Waals surface area contributed by atoms with Crippen molar-refractivity contribution < 1.29 is 24.2 Å². The van der Waals surface area contributed by atoms with Crippen LogP contribution in [0, 0.1) is 5.92 Å². The molecule has 29 heavy (non-hydrogen) atoms. The molecule has 0 unspecified atom stereocenters. The molecule has 1 saturated carbocycles. The third-order valence-electron chi connectivity index (χ3n) is 5.54. The molecule has 0 amide bonds. The highest BCUT2D eigenvalue weighted by molar-refractivity contribution is 6.30. The standard InChI is InChI=1S/C24H16O5/c25-18-10-4-8-14-20(18)23(27)21-15(22(14)26)9-5-11-19(21)29-24(28)17-12-16(17)13-6-2-1-3-7-13/h1-11,16-17,25H,12H2/t16-,17+/m0/s1. The van der Waals surface area contributed by atoms with Gasteiger partial charge in [0, 0.05) is 11.1 Å². The zero-order valence-corrected chi connectivity index (χ0v) is 15.3. The summed E-state index contributed by atoms with van der Waals surface area (Å²) >= 11 is 0. The molecule has 1 N–H and O–H groups in total. The number of carbonyl (C=O) groups excluding carboxylic acids is 3. The summed E-state index contributed by atoms with van der Waals surface area (Å²) < 4.78 is 5.57. The second kappa shape index (κ2) is 6.41. The number of hydrogen-bond donors (Lipinski definition) is 1. The van der Waals surface area contributed by atoms with Gasteiger partial charge in [0.25, 0.3) is 0 Å². The van der Waals surface area contributed by atoms with Gasteiger partial charge in [0.1, 0.15) is 11.5 Å². The van der Waals surface area contributed by atoms with E-state index in [1.54, 1.807) is 6.07 Å². The summed E-state index contributed by atoms with van der Waals surface area (Å²) in [5, 5.41) is 10.1. The number of fused-ring (bicyclic) bond motifs is 2. The maximum Gasteiger partial charge on any atom is 0.314 e. The fourth-order valence-electron chi connectivity index (χ4n) is 3.99. The van der Waals surface area contributed by atoms with Gasteiger partial charge in [-0.25, -0.2) is 0 Å². The van der Waals surface area contributed by atoms with Crippen molar-refractivity contribution in [3.63, 3.8) is 0 Å². The third-order valence-corrected chi connectivity index (χ3v) is 5.54. The molecular weight excluding hydrogens is 368 g/mol. The summed E-state index contributed by atoms with van der Waals surface area (Å²) in [6, 6.07) is 18.7. The number of rotatable bonds is 3. The van der Waals surface area contributed by atoms with Crippen LogP contribution in [0.3, 0.4) is 0 Å². The minimum atomic E-state index is -0.522. The lowest BCUT2D eigenvalue weighted by molar-refractivity contribution is -0.135. The predicted octanol–water partition coefficient (Wildman–Crippen LogP) is 3.88. The zero-order valence-electron chi connectivity index (χ0n) is 15.3. The van der Waals surface area contributed by atoms with Gasteiger partial charge in [0.15, 0.2) is 5.78 Å². The Balaban J connectivity index is 1.47. The van der Waals surface area contributed by atoms with Crippen LogP contribution in [0.2, 0.25) is 0 Å². The first-order valence-corrected chi connectivity index (χ1v) is 9.37. The smallest absolute Gasteiger partial charge is 0.314 e. The van der Waals surface area contributed by atoms with E-state index in [4.69, 9.17) is 4.74 Å². The largest absolute Gasteiger partial charge is 0.507 e. The molecule has 0 aliphatic heterocycles. The highest BCUT2D eigenvalue weighted by Gasteiger charge is 2.46. The van der Waals surface area contributed by atoms with Crippen LogP contribution in [0.1, 0.15) is 49.7 Å². The van der Waals surface area contributed by atoms with Gasteiger partial charge in [-0.3, -0.25) is 14.4 Å². The van der Waals surface area contributed by atoms with Crippen molar-refractivity contribution in [3.8, 4) is 11.5 Å². The number of ether oxygens (including phenoxy) is 1. The Labute approximate surface area is 166 Å². The monoisotopic (exact) mass is 384 g/mol. The molecule has 0 bridgehead atoms. The molecule has 0 saturated heterocycles. The molecule has 1 fully saturated rings. The molecule has 0 radical (unpaired) electrons. The lowest BCUT2D eigenvalue weighted by Crippen LogP contribution is -2.23. The fourth-order valence-corrected chi connectivity index (χ4v) is 3.99. The summed E-state index contributed by atoms with van der Waals surface area (Å²) in [5.74, 6) is -1.70. The average Bonchev–Trinajstić information content (AvgIpc) is 3.53. The van der Waals surface area contributed by atoms with Crippen molar-refractivity contribution in [3.05, 3.63) is 94.5 Å². The molecule has 0 aromatic heterocycles. The second-order valence-electron chi connectivity index (χ2n) is 7.32. The number of hydrogen-bond acceptors (Lipinski definition) is 5. The van der Waals surface area contributed by atoms with Gasteiger partial charge < -0.3 is 9.84 Å². The van der Waals surface area contributed by atoms with E-state index >= 15 is 0 Å². The topological polar surface area (TPSA) is 80.7 Å². The molecule has 2 atom stereocenters. The van der Waals surface area contributed by atoms with E-state index in [-0.39, 0.29) is 51.4 Å². The van der Waals surface area contributed by atoms with Gasteiger partial charge in [-0.2, -0.15) is 0 Å². The number of carbonyl (C=O) groups is 3. The molecule has 3 aromatic carbocycles. The van der Waals surface area contributed by atoms with Crippen molar-refractivity contribution in [2.45, 2.75) is 12.3 Å². The number of phenolic OH excluding ortho intramolecular Hbond substituents is 1. The van der Waals surface area contributed by atoms with Gasteiger partial charge in [-0.15, -0.1) is 0 Å². The summed E-state index contributed by atoms with van der Waals surface area (Å²) in [5.41, 5.74) is 1.37. The van der Waals surface area contributed by atoms with Crippen LogP contribution in [-0.2, 0) is 4.79 Å². The Morgan fingerprint density at radius 3 is 2.28 bits per heavy atom. The Bertz CT molecular complexity index is 1180. The normalized spacial score (nSPS) is 19.3. The summed E-state index contributed by atoms with van der Waals surface area (Å²) in [7, 11) is 0. The average molecular weight is 384 g/mol. The van der Waals surface area contributed by atoms with Gasteiger partial charge in [-0.05, 0) is 30.0 Å². The quantitative estimate of drug-likeness (QED) is 0.428. The van der Waals surface area contributed by atoms with Crippen LogP contribution in [0.15, 0.2) is 66.7 Å². The summed E-state index contributed by atoms with van der Waals surface area (Å²) in [4.78, 5) is 38.5. The first-order chi connectivity index (χ1) is 14.1. The van der Waals surface area contributed by atoms with Crippen LogP contribution in [0.25, 0.3) is 0 Å². The van der Waals surface area contributed by atoms with Crippen LogP contribution < -0.4 is 4.74 Å². The van der Waals surface area contributed by atoms with E-state index in [0.717, 1.165) is 5.56 Å². The molecule has 2 aliphatic carbocycles. The van der Waals surface area contributed by atoms with Crippen LogP contribution in [0.4, 0.5) is 0 Å². The van der Waals surface area contributed by atoms with Crippen LogP contribution in [-0.4, -0.2) is 22.6 Å². The first-order valence-electron chi connectivity index (χ1n) is 9.37.